The number of benzene rings is 1. The number of fused-ring (bicyclic) bond motifs is 1. The van der Waals surface area contributed by atoms with Crippen molar-refractivity contribution in [2.45, 2.75) is 12.8 Å². The summed E-state index contributed by atoms with van der Waals surface area (Å²) < 4.78 is 34.7. The molecule has 0 saturated heterocycles. The first-order chi connectivity index (χ1) is 8.62. The van der Waals surface area contributed by atoms with E-state index in [9.17, 15) is 8.42 Å². The van der Waals surface area contributed by atoms with E-state index in [-0.39, 0.29) is 20.3 Å². The average molecular weight is 353 g/mol. The van der Waals surface area contributed by atoms with Crippen molar-refractivity contribution in [3.63, 3.8) is 0 Å². The zero-order valence-electron chi connectivity index (χ0n) is 9.47. The number of hydrogen-bond acceptors (Lipinski definition) is 4. The molecular formula is C10H12ClN3O2SSe. The molecule has 0 aromatic heterocycles. The van der Waals surface area contributed by atoms with Gasteiger partial charge in [-0.1, -0.05) is 0 Å². The molecule has 98 valence electrons. The normalized spacial score (nSPS) is 13.2. The number of unbranched alkanes of at least 4 members (excludes halogenated alkanes) is 1. The van der Waals surface area contributed by atoms with Crippen molar-refractivity contribution in [2.75, 3.05) is 16.4 Å². The molecular weight excluding hydrogens is 341 g/mol. The van der Waals surface area contributed by atoms with Crippen LogP contribution in [0, 0.1) is 0 Å². The van der Waals surface area contributed by atoms with Crippen molar-refractivity contribution in [3.8, 4) is 0 Å². The Morgan fingerprint density at radius 2 is 2.11 bits per heavy atom. The van der Waals surface area contributed by atoms with Crippen LogP contribution in [0.4, 0.5) is 17.1 Å². The molecule has 0 unspecified atom stereocenters. The molecule has 0 amide bonds. The summed E-state index contributed by atoms with van der Waals surface area (Å²) in [6.45, 7) is 0. The van der Waals surface area contributed by atoms with Gasteiger partial charge in [0.1, 0.15) is 0 Å². The maximum atomic E-state index is 11.9. The van der Waals surface area contributed by atoms with Crippen LogP contribution >= 0.6 is 11.6 Å². The number of nitrogens with one attached hydrogen (secondary N) is 1. The summed E-state index contributed by atoms with van der Waals surface area (Å²) in [5, 5.41) is 0. The van der Waals surface area contributed by atoms with Gasteiger partial charge in [-0.25, -0.2) is 0 Å². The van der Waals surface area contributed by atoms with Crippen molar-refractivity contribution in [1.29, 1.82) is 0 Å². The Morgan fingerprint density at radius 3 is 2.89 bits per heavy atom. The van der Waals surface area contributed by atoms with Gasteiger partial charge in [-0.3, -0.25) is 0 Å². The first kappa shape index (κ1) is 13.8. The third-order valence-electron chi connectivity index (χ3n) is 2.35. The second-order valence-corrected chi connectivity index (χ2v) is 7.08. The van der Waals surface area contributed by atoms with E-state index in [4.69, 9.17) is 11.6 Å². The number of nitrogens with zero attached hydrogens (tertiary/aromatic N) is 2. The monoisotopic (exact) mass is 353 g/mol. The van der Waals surface area contributed by atoms with E-state index in [1.54, 1.807) is 12.1 Å². The number of anilines is 1. The standard InChI is InChI=1S/C10H12ClN3O2SSe/c11-6-1-2-7-17(15,16)12-8-4-3-5-9-10(8)14-18-13-9/h3-5,12H,1-2,6-7H2. The Bertz CT molecular complexity index is 612. The Balaban J connectivity index is 2.11. The van der Waals surface area contributed by atoms with E-state index in [1.807, 2.05) is 6.07 Å². The Labute approximate surface area is 117 Å². The van der Waals surface area contributed by atoms with E-state index in [0.29, 0.717) is 30.1 Å². The van der Waals surface area contributed by atoms with Crippen molar-refractivity contribution in [1.82, 2.24) is 0 Å². The van der Waals surface area contributed by atoms with E-state index >= 15 is 0 Å². The summed E-state index contributed by atoms with van der Waals surface area (Å²) in [4.78, 5) is 0. The van der Waals surface area contributed by atoms with Crippen LogP contribution < -0.4 is 4.72 Å². The van der Waals surface area contributed by atoms with Crippen LogP contribution in [0.2, 0.25) is 0 Å². The predicted octanol–water partition coefficient (Wildman–Crippen LogP) is 2.80. The van der Waals surface area contributed by atoms with Crippen LogP contribution in [-0.2, 0) is 10.0 Å². The molecule has 2 rings (SSSR count). The fraction of sp³-hybridized carbons (Fsp3) is 0.400. The van der Waals surface area contributed by atoms with Crippen LogP contribution in [0.15, 0.2) is 26.1 Å². The molecule has 1 N–H and O–H groups in total. The third kappa shape index (κ3) is 3.45. The topological polar surface area (TPSA) is 70.9 Å². The van der Waals surface area contributed by atoms with E-state index in [2.05, 4.69) is 12.6 Å². The molecule has 0 spiro atoms. The van der Waals surface area contributed by atoms with Gasteiger partial charge in [0.25, 0.3) is 0 Å². The van der Waals surface area contributed by atoms with Crippen molar-refractivity contribution < 1.29 is 8.42 Å². The summed E-state index contributed by atoms with van der Waals surface area (Å²) in [6, 6.07) is 5.31. The number of alkyl halides is 1. The van der Waals surface area contributed by atoms with Gasteiger partial charge in [0.15, 0.2) is 0 Å². The molecule has 0 fully saturated rings. The molecule has 0 bridgehead atoms. The molecule has 1 aliphatic rings. The summed E-state index contributed by atoms with van der Waals surface area (Å²) in [5.74, 6) is 0.554. The fourth-order valence-electron chi connectivity index (χ4n) is 1.49. The van der Waals surface area contributed by atoms with E-state index in [1.165, 1.54) is 0 Å². The zero-order chi connectivity index (χ0) is 13.0. The van der Waals surface area contributed by atoms with Gasteiger partial charge in [-0.2, -0.15) is 0 Å². The van der Waals surface area contributed by atoms with Gasteiger partial charge in [-0.15, -0.1) is 0 Å². The molecule has 0 aliphatic carbocycles. The summed E-state index contributed by atoms with van der Waals surface area (Å²) >= 11 is 5.36. The molecule has 0 radical (unpaired) electrons. The molecule has 8 heteroatoms. The van der Waals surface area contributed by atoms with Gasteiger partial charge in [0.2, 0.25) is 0 Å². The Hall–Kier alpha value is -0.621. The number of halogens is 1. The molecule has 1 aromatic rings. The molecule has 0 atom stereocenters. The van der Waals surface area contributed by atoms with Crippen LogP contribution in [0.5, 0.6) is 0 Å². The molecule has 0 saturated carbocycles. The van der Waals surface area contributed by atoms with Crippen LogP contribution in [0.25, 0.3) is 0 Å². The second-order valence-electron chi connectivity index (χ2n) is 3.75. The minimum atomic E-state index is -3.33. The molecule has 1 aromatic carbocycles. The first-order valence-corrected chi connectivity index (χ1v) is 9.12. The van der Waals surface area contributed by atoms with Crippen molar-refractivity contribution in [3.05, 3.63) is 18.2 Å². The zero-order valence-corrected chi connectivity index (χ0v) is 12.8. The minimum absolute atomic E-state index is 0.0751. The van der Waals surface area contributed by atoms with Crippen LogP contribution in [0.3, 0.4) is 0 Å². The van der Waals surface area contributed by atoms with E-state index < -0.39 is 10.0 Å². The van der Waals surface area contributed by atoms with Crippen molar-refractivity contribution >= 4 is 53.3 Å². The van der Waals surface area contributed by atoms with Crippen LogP contribution in [-0.4, -0.2) is 34.6 Å². The predicted molar refractivity (Wildman–Crippen MR) is 73.7 cm³/mol. The fourth-order valence-corrected chi connectivity index (χ4v) is 4.02. The SMILES string of the molecule is O=S(=O)(CCCCCl)Nc1cccc2c1N=[Se]=N2. The summed E-state index contributed by atoms with van der Waals surface area (Å²) in [7, 11) is -3.33. The van der Waals surface area contributed by atoms with Crippen LogP contribution in [0.1, 0.15) is 12.8 Å². The van der Waals surface area contributed by atoms with Gasteiger partial charge < -0.3 is 0 Å². The Morgan fingerprint density at radius 1 is 1.28 bits per heavy atom. The molecule has 1 heterocycles. The number of rotatable bonds is 6. The van der Waals surface area contributed by atoms with E-state index in [0.717, 1.165) is 5.69 Å². The molecule has 18 heavy (non-hydrogen) atoms. The summed E-state index contributed by atoms with van der Waals surface area (Å²) in [5.41, 5.74) is 1.93. The van der Waals surface area contributed by atoms with Gasteiger partial charge >= 0.3 is 117 Å². The first-order valence-electron chi connectivity index (χ1n) is 5.40. The van der Waals surface area contributed by atoms with Gasteiger partial charge in [-0.05, 0) is 0 Å². The number of sulfonamides is 1. The van der Waals surface area contributed by atoms with Gasteiger partial charge in [0.05, 0.1) is 0 Å². The number of hydrogen-bond donors (Lipinski definition) is 1. The quantitative estimate of drug-likeness (QED) is 0.493. The van der Waals surface area contributed by atoms with Crippen molar-refractivity contribution in [2.24, 2.45) is 7.92 Å². The Kier molecular flexibility index (Phi) is 4.61. The molecule has 1 aliphatic heterocycles. The maximum absolute atomic E-state index is 11.9. The summed E-state index contributed by atoms with van der Waals surface area (Å²) in [6.07, 6.45) is 1.25. The van der Waals surface area contributed by atoms with Gasteiger partial charge in [0, 0.05) is 0 Å². The third-order valence-corrected chi connectivity index (χ3v) is 5.11. The molecule has 5 nitrogen and oxygen atoms in total. The second kappa shape index (κ2) is 6.01. The average Bonchev–Trinajstić information content (AvgIpc) is 2.78.